The van der Waals surface area contributed by atoms with Crippen LogP contribution in [0.15, 0.2) is 12.1 Å². The Morgan fingerprint density at radius 1 is 1.27 bits per heavy atom. The Morgan fingerprint density at radius 2 is 2.05 bits per heavy atom. The average molecular weight is 304 g/mol. The zero-order valence-corrected chi connectivity index (χ0v) is 13.4. The molecule has 0 aromatic carbocycles. The van der Waals surface area contributed by atoms with E-state index in [4.69, 9.17) is 4.74 Å². The van der Waals surface area contributed by atoms with Crippen LogP contribution < -0.4 is 4.90 Å². The highest BCUT2D eigenvalue weighted by atomic mass is 16.5. The number of nitrogens with zero attached hydrogens (tertiary/aromatic N) is 4. The fourth-order valence-corrected chi connectivity index (χ4v) is 3.22. The Balaban J connectivity index is 1.54. The lowest BCUT2D eigenvalue weighted by atomic mass is 10.0. The summed E-state index contributed by atoms with van der Waals surface area (Å²) in [6.45, 7) is 4.26. The molecule has 0 radical (unpaired) electrons. The van der Waals surface area contributed by atoms with Crippen molar-refractivity contribution in [3.05, 3.63) is 17.8 Å². The van der Waals surface area contributed by atoms with E-state index in [1.807, 2.05) is 24.0 Å². The molecule has 0 unspecified atom stereocenters. The minimum absolute atomic E-state index is 0.175. The van der Waals surface area contributed by atoms with Crippen LogP contribution in [-0.4, -0.2) is 59.9 Å². The quantitative estimate of drug-likeness (QED) is 0.844. The van der Waals surface area contributed by atoms with E-state index in [0.717, 1.165) is 56.9 Å². The lowest BCUT2D eigenvalue weighted by molar-refractivity contribution is -0.141. The summed E-state index contributed by atoms with van der Waals surface area (Å²) in [6.07, 6.45) is 3.60. The second kappa shape index (κ2) is 6.60. The molecule has 120 valence electrons. The van der Waals surface area contributed by atoms with Crippen LogP contribution in [0, 0.1) is 6.92 Å². The van der Waals surface area contributed by atoms with E-state index >= 15 is 0 Å². The topological polar surface area (TPSA) is 58.6 Å². The van der Waals surface area contributed by atoms with Gasteiger partial charge in [-0.2, -0.15) is 5.10 Å². The predicted molar refractivity (Wildman–Crippen MR) is 83.7 cm³/mol. The molecule has 2 aliphatic rings. The van der Waals surface area contributed by atoms with Gasteiger partial charge >= 0.3 is 0 Å². The lowest BCUT2D eigenvalue weighted by Crippen LogP contribution is -2.48. The number of amides is 1. The van der Waals surface area contributed by atoms with Gasteiger partial charge < -0.3 is 14.5 Å². The van der Waals surface area contributed by atoms with Crippen molar-refractivity contribution in [2.45, 2.75) is 44.8 Å². The van der Waals surface area contributed by atoms with Gasteiger partial charge in [-0.15, -0.1) is 5.10 Å². The van der Waals surface area contributed by atoms with Crippen molar-refractivity contribution >= 4 is 11.7 Å². The number of anilines is 1. The fourth-order valence-electron chi connectivity index (χ4n) is 3.22. The molecule has 2 saturated heterocycles. The summed E-state index contributed by atoms with van der Waals surface area (Å²) in [7, 11) is 2.06. The Bertz CT molecular complexity index is 505. The molecule has 0 bridgehead atoms. The molecule has 6 nitrogen and oxygen atoms in total. The highest BCUT2D eigenvalue weighted by Gasteiger charge is 2.32. The number of hydrogen-bond acceptors (Lipinski definition) is 5. The normalized spacial score (nSPS) is 22.8. The minimum atomic E-state index is -0.197. The number of carbonyl (C=O) groups excluding carboxylic acids is 1. The van der Waals surface area contributed by atoms with Crippen LogP contribution in [0.1, 0.15) is 31.4 Å². The summed E-state index contributed by atoms with van der Waals surface area (Å²) < 4.78 is 5.50. The summed E-state index contributed by atoms with van der Waals surface area (Å²) in [4.78, 5) is 16.5. The van der Waals surface area contributed by atoms with Crippen molar-refractivity contribution in [3.8, 4) is 0 Å². The summed E-state index contributed by atoms with van der Waals surface area (Å²) in [5.74, 6) is 1.07. The molecule has 6 heteroatoms. The van der Waals surface area contributed by atoms with Crippen molar-refractivity contribution in [3.63, 3.8) is 0 Å². The van der Waals surface area contributed by atoms with Gasteiger partial charge in [-0.3, -0.25) is 4.79 Å². The van der Waals surface area contributed by atoms with Crippen molar-refractivity contribution < 1.29 is 9.53 Å². The molecule has 3 rings (SSSR count). The number of carbonyl (C=O) groups is 1. The first-order valence-electron chi connectivity index (χ1n) is 8.08. The summed E-state index contributed by atoms with van der Waals surface area (Å²) in [6, 6.07) is 4.40. The smallest absolute Gasteiger partial charge is 0.251 e. The maximum atomic E-state index is 12.3. The maximum absolute atomic E-state index is 12.3. The van der Waals surface area contributed by atoms with Crippen molar-refractivity contribution in [1.82, 2.24) is 15.1 Å². The highest BCUT2D eigenvalue weighted by molar-refractivity contribution is 5.81. The third kappa shape index (κ3) is 3.21. The van der Waals surface area contributed by atoms with E-state index in [1.165, 1.54) is 0 Å². The van der Waals surface area contributed by atoms with E-state index < -0.39 is 0 Å². The molecule has 3 heterocycles. The van der Waals surface area contributed by atoms with Gasteiger partial charge in [0.2, 0.25) is 0 Å². The second-order valence-corrected chi connectivity index (χ2v) is 6.20. The number of rotatable bonds is 3. The van der Waals surface area contributed by atoms with Crippen LogP contribution in [0.5, 0.6) is 0 Å². The summed E-state index contributed by atoms with van der Waals surface area (Å²) >= 11 is 0. The van der Waals surface area contributed by atoms with Crippen molar-refractivity contribution in [2.24, 2.45) is 0 Å². The van der Waals surface area contributed by atoms with Crippen molar-refractivity contribution in [1.29, 1.82) is 0 Å². The molecule has 2 fully saturated rings. The molecule has 0 saturated carbocycles. The van der Waals surface area contributed by atoms with Crippen LogP contribution in [0.3, 0.4) is 0 Å². The third-order valence-corrected chi connectivity index (χ3v) is 4.67. The largest absolute Gasteiger partial charge is 0.368 e. The molecular weight excluding hydrogens is 280 g/mol. The molecular formula is C16H24N4O2. The average Bonchev–Trinajstić information content (AvgIpc) is 3.09. The predicted octanol–water partition coefficient (Wildman–Crippen LogP) is 1.39. The number of aryl methyl sites for hydroxylation is 1. The summed E-state index contributed by atoms with van der Waals surface area (Å²) in [5.41, 5.74) is 0.925. The van der Waals surface area contributed by atoms with Gasteiger partial charge in [-0.25, -0.2) is 0 Å². The molecule has 22 heavy (non-hydrogen) atoms. The van der Waals surface area contributed by atoms with Gasteiger partial charge in [0.1, 0.15) is 6.10 Å². The molecule has 0 aliphatic carbocycles. The zero-order chi connectivity index (χ0) is 15.5. The first-order valence-corrected chi connectivity index (χ1v) is 8.08. The van der Waals surface area contributed by atoms with E-state index in [-0.39, 0.29) is 12.0 Å². The first kappa shape index (κ1) is 15.2. The molecule has 1 amide bonds. The van der Waals surface area contributed by atoms with Gasteiger partial charge in [0.15, 0.2) is 5.82 Å². The molecule has 2 aliphatic heterocycles. The van der Waals surface area contributed by atoms with Crippen molar-refractivity contribution in [2.75, 3.05) is 31.6 Å². The van der Waals surface area contributed by atoms with Gasteiger partial charge in [0.25, 0.3) is 5.91 Å². The molecule has 0 N–H and O–H groups in total. The number of ether oxygens (including phenoxy) is 1. The standard InChI is InChI=1S/C16H24N4O2/c1-12-5-6-15(18-17-12)19(2)13-7-9-20(10-8-13)16(21)14-4-3-11-22-14/h5-6,13-14H,3-4,7-11H2,1-2H3/t14-/m1/s1. The van der Waals surface area contributed by atoms with E-state index in [0.29, 0.717) is 6.04 Å². The monoisotopic (exact) mass is 304 g/mol. The van der Waals surface area contributed by atoms with Crippen LogP contribution in [0.4, 0.5) is 5.82 Å². The van der Waals surface area contributed by atoms with Gasteiger partial charge in [-0.1, -0.05) is 0 Å². The number of aromatic nitrogens is 2. The molecule has 1 atom stereocenters. The molecule has 1 aromatic heterocycles. The lowest BCUT2D eigenvalue weighted by Gasteiger charge is -2.37. The number of likely N-dealkylation sites (tertiary alicyclic amines) is 1. The van der Waals surface area contributed by atoms with Crippen LogP contribution in [0.2, 0.25) is 0 Å². The van der Waals surface area contributed by atoms with Gasteiger partial charge in [0.05, 0.1) is 5.69 Å². The van der Waals surface area contributed by atoms with Crippen LogP contribution in [0.25, 0.3) is 0 Å². The fraction of sp³-hybridized carbons (Fsp3) is 0.688. The van der Waals surface area contributed by atoms with Gasteiger partial charge in [0, 0.05) is 32.8 Å². The second-order valence-electron chi connectivity index (χ2n) is 6.20. The van der Waals surface area contributed by atoms with Crippen LogP contribution >= 0.6 is 0 Å². The molecule has 0 spiro atoms. The van der Waals surface area contributed by atoms with Crippen LogP contribution in [-0.2, 0) is 9.53 Å². The number of piperidine rings is 1. The zero-order valence-electron chi connectivity index (χ0n) is 13.4. The van der Waals surface area contributed by atoms with Gasteiger partial charge in [-0.05, 0) is 44.7 Å². The SMILES string of the molecule is Cc1ccc(N(C)C2CCN(C(=O)[C@H]3CCCO3)CC2)nn1. The summed E-state index contributed by atoms with van der Waals surface area (Å²) in [5, 5.41) is 8.36. The molecule has 1 aromatic rings. The number of hydrogen-bond donors (Lipinski definition) is 0. The van der Waals surface area contributed by atoms with E-state index in [1.54, 1.807) is 0 Å². The Labute approximate surface area is 131 Å². The third-order valence-electron chi connectivity index (χ3n) is 4.67. The Morgan fingerprint density at radius 3 is 2.64 bits per heavy atom. The minimum Gasteiger partial charge on any atom is -0.368 e. The Hall–Kier alpha value is -1.69. The highest BCUT2D eigenvalue weighted by Crippen LogP contribution is 2.22. The first-order chi connectivity index (χ1) is 10.6. The van der Waals surface area contributed by atoms with E-state index in [2.05, 4.69) is 22.1 Å². The van der Waals surface area contributed by atoms with E-state index in [9.17, 15) is 4.79 Å². The maximum Gasteiger partial charge on any atom is 0.251 e. The Kier molecular flexibility index (Phi) is 4.57.